The number of hydrogen-bond acceptors (Lipinski definition) is 4. The van der Waals surface area contributed by atoms with Crippen LogP contribution in [-0.4, -0.2) is 43.0 Å². The second-order valence-electron chi connectivity index (χ2n) is 6.62. The summed E-state index contributed by atoms with van der Waals surface area (Å²) < 4.78 is 2.07. The first kappa shape index (κ1) is 19.0. The number of aryl methyl sites for hydroxylation is 2. The van der Waals surface area contributed by atoms with Gasteiger partial charge in [0.15, 0.2) is 5.13 Å². The molecule has 0 N–H and O–H groups in total. The van der Waals surface area contributed by atoms with Crippen LogP contribution in [0.15, 0.2) is 40.9 Å². The van der Waals surface area contributed by atoms with E-state index in [0.717, 1.165) is 26.4 Å². The van der Waals surface area contributed by atoms with E-state index in [2.05, 4.69) is 46.8 Å². The number of amides is 1. The van der Waals surface area contributed by atoms with E-state index in [0.29, 0.717) is 12.1 Å². The number of fused-ring (bicyclic) bond motifs is 1. The highest BCUT2D eigenvalue weighted by Gasteiger charge is 2.22. The van der Waals surface area contributed by atoms with Gasteiger partial charge in [0.2, 0.25) is 0 Å². The van der Waals surface area contributed by atoms with Crippen molar-refractivity contribution in [2.45, 2.75) is 13.8 Å². The molecule has 1 amide bonds. The van der Waals surface area contributed by atoms with Gasteiger partial charge in [0.1, 0.15) is 0 Å². The molecule has 6 heteroatoms. The van der Waals surface area contributed by atoms with Crippen molar-refractivity contribution in [1.29, 1.82) is 0 Å². The van der Waals surface area contributed by atoms with Gasteiger partial charge in [0, 0.05) is 23.1 Å². The maximum absolute atomic E-state index is 13.2. The fourth-order valence-corrected chi connectivity index (χ4v) is 3.98. The molecule has 0 unspecified atom stereocenters. The fraction of sp³-hybridized carbons (Fsp3) is 0.300. The van der Waals surface area contributed by atoms with E-state index in [-0.39, 0.29) is 5.91 Å². The largest absolute Gasteiger partial charge is 0.308 e. The molecule has 0 saturated heterocycles. The number of thiazole rings is 1. The SMILES string of the molecule is Cc1ccc2sc(N(CCN(C)C)C(=O)c3ccc(Br)cc3)nc2c1C. The molecule has 26 heavy (non-hydrogen) atoms. The summed E-state index contributed by atoms with van der Waals surface area (Å²) in [6, 6.07) is 11.7. The van der Waals surface area contributed by atoms with Crippen molar-refractivity contribution in [3.8, 4) is 0 Å². The van der Waals surface area contributed by atoms with E-state index in [9.17, 15) is 4.79 Å². The van der Waals surface area contributed by atoms with Gasteiger partial charge in [-0.15, -0.1) is 0 Å². The van der Waals surface area contributed by atoms with Crippen LogP contribution >= 0.6 is 27.3 Å². The molecule has 136 valence electrons. The Hall–Kier alpha value is -1.76. The Kier molecular flexibility index (Phi) is 5.75. The van der Waals surface area contributed by atoms with Crippen molar-refractivity contribution in [3.05, 3.63) is 57.6 Å². The molecule has 0 aliphatic rings. The van der Waals surface area contributed by atoms with Crippen molar-refractivity contribution < 1.29 is 4.79 Å². The van der Waals surface area contributed by atoms with Crippen molar-refractivity contribution >= 4 is 48.5 Å². The molecular formula is C20H22BrN3OS. The normalized spacial score (nSPS) is 11.3. The summed E-state index contributed by atoms with van der Waals surface area (Å²) in [4.78, 5) is 21.8. The fourth-order valence-electron chi connectivity index (χ4n) is 2.66. The number of halogens is 1. The van der Waals surface area contributed by atoms with Crippen molar-refractivity contribution in [2.75, 3.05) is 32.1 Å². The van der Waals surface area contributed by atoms with E-state index in [1.54, 1.807) is 16.2 Å². The number of nitrogens with zero attached hydrogens (tertiary/aromatic N) is 3. The monoisotopic (exact) mass is 431 g/mol. The van der Waals surface area contributed by atoms with Crippen LogP contribution in [0.1, 0.15) is 21.5 Å². The van der Waals surface area contributed by atoms with Crippen molar-refractivity contribution in [1.82, 2.24) is 9.88 Å². The number of hydrogen-bond donors (Lipinski definition) is 0. The molecule has 0 aliphatic carbocycles. The lowest BCUT2D eigenvalue weighted by molar-refractivity contribution is 0.0985. The number of benzene rings is 2. The average molecular weight is 432 g/mol. The molecule has 3 aromatic rings. The van der Waals surface area contributed by atoms with Crippen LogP contribution in [0.4, 0.5) is 5.13 Å². The van der Waals surface area contributed by atoms with Crippen LogP contribution in [-0.2, 0) is 0 Å². The van der Waals surface area contributed by atoms with E-state index >= 15 is 0 Å². The first-order valence-electron chi connectivity index (χ1n) is 8.45. The molecule has 0 aliphatic heterocycles. The van der Waals surface area contributed by atoms with E-state index in [1.807, 2.05) is 38.4 Å². The minimum atomic E-state index is -0.0206. The zero-order valence-electron chi connectivity index (χ0n) is 15.4. The van der Waals surface area contributed by atoms with Crippen molar-refractivity contribution in [3.63, 3.8) is 0 Å². The lowest BCUT2D eigenvalue weighted by atomic mass is 10.1. The van der Waals surface area contributed by atoms with Crippen LogP contribution in [0.2, 0.25) is 0 Å². The Morgan fingerprint density at radius 1 is 1.08 bits per heavy atom. The smallest absolute Gasteiger partial charge is 0.260 e. The van der Waals surface area contributed by atoms with Gasteiger partial charge in [-0.1, -0.05) is 33.3 Å². The molecular weight excluding hydrogens is 410 g/mol. The summed E-state index contributed by atoms with van der Waals surface area (Å²) in [5, 5.41) is 0.753. The second-order valence-corrected chi connectivity index (χ2v) is 8.54. The molecule has 2 aromatic carbocycles. The first-order chi connectivity index (χ1) is 12.4. The van der Waals surface area contributed by atoms with Gasteiger partial charge in [-0.05, 0) is 69.4 Å². The minimum Gasteiger partial charge on any atom is -0.308 e. The molecule has 0 fully saturated rings. The summed E-state index contributed by atoms with van der Waals surface area (Å²) in [5.74, 6) is -0.0206. The van der Waals surface area contributed by atoms with Gasteiger partial charge in [0.05, 0.1) is 10.2 Å². The van der Waals surface area contributed by atoms with Gasteiger partial charge < -0.3 is 4.90 Å². The number of carbonyl (C=O) groups excluding carboxylic acids is 1. The third-order valence-corrected chi connectivity index (χ3v) is 5.98. The lowest BCUT2D eigenvalue weighted by Gasteiger charge is -2.22. The molecule has 0 bridgehead atoms. The summed E-state index contributed by atoms with van der Waals surface area (Å²) >= 11 is 4.99. The molecule has 1 aromatic heterocycles. The highest BCUT2D eigenvalue weighted by atomic mass is 79.9. The average Bonchev–Trinajstić information content (AvgIpc) is 3.03. The van der Waals surface area contributed by atoms with Gasteiger partial charge in [-0.3, -0.25) is 9.69 Å². The molecule has 0 atom stereocenters. The van der Waals surface area contributed by atoms with E-state index in [4.69, 9.17) is 4.98 Å². The Morgan fingerprint density at radius 2 is 1.77 bits per heavy atom. The zero-order valence-corrected chi connectivity index (χ0v) is 17.8. The number of carbonyl (C=O) groups is 1. The predicted molar refractivity (Wildman–Crippen MR) is 113 cm³/mol. The van der Waals surface area contributed by atoms with Gasteiger partial charge in [-0.2, -0.15) is 0 Å². The first-order valence-corrected chi connectivity index (χ1v) is 10.1. The van der Waals surface area contributed by atoms with Crippen LogP contribution in [0, 0.1) is 13.8 Å². The molecule has 1 heterocycles. The Morgan fingerprint density at radius 3 is 2.42 bits per heavy atom. The number of rotatable bonds is 5. The van der Waals surface area contributed by atoms with Crippen LogP contribution < -0.4 is 4.90 Å². The second kappa shape index (κ2) is 7.86. The Bertz CT molecular complexity index is 934. The summed E-state index contributed by atoms with van der Waals surface area (Å²) in [6.45, 7) is 5.54. The van der Waals surface area contributed by atoms with E-state index < -0.39 is 0 Å². The van der Waals surface area contributed by atoms with Gasteiger partial charge in [-0.25, -0.2) is 4.98 Å². The third kappa shape index (κ3) is 3.98. The van der Waals surface area contributed by atoms with Gasteiger partial charge in [0.25, 0.3) is 5.91 Å². The molecule has 3 rings (SSSR count). The highest BCUT2D eigenvalue weighted by molar-refractivity contribution is 9.10. The van der Waals surface area contributed by atoms with Crippen LogP contribution in [0.5, 0.6) is 0 Å². The standard InChI is InChI=1S/C20H22BrN3OS/c1-13-5-10-17-18(14(13)2)22-20(26-17)24(12-11-23(3)4)19(25)15-6-8-16(21)9-7-15/h5-10H,11-12H2,1-4H3. The van der Waals surface area contributed by atoms with Crippen molar-refractivity contribution in [2.24, 2.45) is 0 Å². The predicted octanol–water partition coefficient (Wildman–Crippen LogP) is 4.88. The number of aromatic nitrogens is 1. The summed E-state index contributed by atoms with van der Waals surface area (Å²) in [6.07, 6.45) is 0. The van der Waals surface area contributed by atoms with Crippen LogP contribution in [0.3, 0.4) is 0 Å². The van der Waals surface area contributed by atoms with Gasteiger partial charge >= 0.3 is 0 Å². The Labute approximate surface area is 166 Å². The number of likely N-dealkylation sites (N-methyl/N-ethyl adjacent to an activating group) is 1. The highest BCUT2D eigenvalue weighted by Crippen LogP contribution is 2.32. The maximum atomic E-state index is 13.2. The molecule has 0 spiro atoms. The molecule has 4 nitrogen and oxygen atoms in total. The maximum Gasteiger partial charge on any atom is 0.260 e. The summed E-state index contributed by atoms with van der Waals surface area (Å²) in [5.41, 5.74) is 4.05. The quantitative estimate of drug-likeness (QED) is 0.577. The third-order valence-electron chi connectivity index (χ3n) is 4.41. The summed E-state index contributed by atoms with van der Waals surface area (Å²) in [7, 11) is 4.02. The topological polar surface area (TPSA) is 36.4 Å². The van der Waals surface area contributed by atoms with E-state index in [1.165, 1.54) is 11.1 Å². The molecule has 0 saturated carbocycles. The van der Waals surface area contributed by atoms with Crippen LogP contribution in [0.25, 0.3) is 10.2 Å². The Balaban J connectivity index is 2.01. The number of anilines is 1. The zero-order chi connectivity index (χ0) is 18.8. The lowest BCUT2D eigenvalue weighted by Crippen LogP contribution is -2.36. The minimum absolute atomic E-state index is 0.0206. The molecule has 0 radical (unpaired) electrons.